The lowest BCUT2D eigenvalue weighted by Crippen LogP contribution is -2.33. The molecule has 9 nitrogen and oxygen atoms in total. The lowest BCUT2D eigenvalue weighted by molar-refractivity contribution is 0.0755. The van der Waals surface area contributed by atoms with E-state index in [9.17, 15) is 13.6 Å². The number of benzene rings is 2. The first kappa shape index (κ1) is 22.3. The molecule has 0 bridgehead atoms. The molecule has 4 N–H and O–H groups in total. The van der Waals surface area contributed by atoms with Crippen molar-refractivity contribution in [2.24, 2.45) is 0 Å². The van der Waals surface area contributed by atoms with Gasteiger partial charge in [0.25, 0.3) is 5.91 Å². The number of carbonyl (C=O) groups is 1. The van der Waals surface area contributed by atoms with Gasteiger partial charge in [-0.15, -0.1) is 0 Å². The SMILES string of the molecule is CC(C)N(C)C(=O)c1cn2ncnc(N)c2c1-c1ccc(Nc2nc3c(F)cc(F)cc3[nH]2)cc1. The third-order valence-electron chi connectivity index (χ3n) is 5.87. The lowest BCUT2D eigenvalue weighted by Gasteiger charge is -2.21. The van der Waals surface area contributed by atoms with Gasteiger partial charge in [-0.1, -0.05) is 12.1 Å². The summed E-state index contributed by atoms with van der Waals surface area (Å²) in [5.41, 5.74) is 9.42. The van der Waals surface area contributed by atoms with Crippen LogP contribution in [0.2, 0.25) is 0 Å². The molecule has 5 rings (SSSR count). The summed E-state index contributed by atoms with van der Waals surface area (Å²) in [5, 5.41) is 7.26. The molecule has 0 spiro atoms. The number of nitrogens with two attached hydrogens (primary N) is 1. The maximum atomic E-state index is 14.0. The van der Waals surface area contributed by atoms with E-state index in [1.54, 1.807) is 34.8 Å². The fourth-order valence-electron chi connectivity index (χ4n) is 3.87. The number of aromatic amines is 1. The molecule has 0 aliphatic rings. The highest BCUT2D eigenvalue weighted by molar-refractivity contribution is 6.07. The first-order chi connectivity index (χ1) is 16.7. The van der Waals surface area contributed by atoms with E-state index in [4.69, 9.17) is 5.73 Å². The van der Waals surface area contributed by atoms with Crippen molar-refractivity contribution in [3.05, 3.63) is 66.1 Å². The van der Waals surface area contributed by atoms with Gasteiger partial charge in [0.15, 0.2) is 11.6 Å². The molecule has 3 aromatic heterocycles. The fraction of sp³-hybridized carbons (Fsp3) is 0.167. The molecule has 0 unspecified atom stereocenters. The average molecular weight is 476 g/mol. The highest BCUT2D eigenvalue weighted by Crippen LogP contribution is 2.34. The Morgan fingerprint density at radius 3 is 2.66 bits per heavy atom. The van der Waals surface area contributed by atoms with Gasteiger partial charge in [0.2, 0.25) is 5.95 Å². The maximum absolute atomic E-state index is 14.0. The number of hydrogen-bond donors (Lipinski definition) is 3. The van der Waals surface area contributed by atoms with Crippen molar-refractivity contribution in [2.75, 3.05) is 18.1 Å². The van der Waals surface area contributed by atoms with E-state index in [1.165, 1.54) is 12.4 Å². The number of hydrogen-bond acceptors (Lipinski definition) is 6. The normalized spacial score (nSPS) is 11.5. The summed E-state index contributed by atoms with van der Waals surface area (Å²) in [5.74, 6) is -1.09. The van der Waals surface area contributed by atoms with Gasteiger partial charge in [0.1, 0.15) is 23.2 Å². The number of imidazole rings is 1. The van der Waals surface area contributed by atoms with Crippen LogP contribution in [0, 0.1) is 11.6 Å². The summed E-state index contributed by atoms with van der Waals surface area (Å²) in [6, 6.07) is 9.16. The van der Waals surface area contributed by atoms with Crippen molar-refractivity contribution in [3.63, 3.8) is 0 Å². The second-order valence-electron chi connectivity index (χ2n) is 8.44. The number of amides is 1. The number of carbonyl (C=O) groups excluding carboxylic acids is 1. The Morgan fingerprint density at radius 2 is 1.94 bits per heavy atom. The summed E-state index contributed by atoms with van der Waals surface area (Å²) in [6.07, 6.45) is 2.99. The molecule has 178 valence electrons. The molecule has 1 amide bonds. The molecule has 0 radical (unpaired) electrons. The lowest BCUT2D eigenvalue weighted by atomic mass is 10.0. The van der Waals surface area contributed by atoms with Gasteiger partial charge >= 0.3 is 0 Å². The van der Waals surface area contributed by atoms with Crippen molar-refractivity contribution in [1.82, 2.24) is 29.5 Å². The zero-order chi connectivity index (χ0) is 24.9. The van der Waals surface area contributed by atoms with Crippen LogP contribution in [-0.2, 0) is 0 Å². The zero-order valence-electron chi connectivity index (χ0n) is 19.2. The molecule has 3 heterocycles. The summed E-state index contributed by atoms with van der Waals surface area (Å²) in [4.78, 5) is 26.0. The minimum atomic E-state index is -0.747. The molecule has 0 fully saturated rings. The average Bonchev–Trinajstić information content (AvgIpc) is 3.41. The van der Waals surface area contributed by atoms with E-state index in [1.807, 2.05) is 26.0 Å². The number of rotatable bonds is 5. The third kappa shape index (κ3) is 3.90. The van der Waals surface area contributed by atoms with Crippen LogP contribution < -0.4 is 11.1 Å². The summed E-state index contributed by atoms with van der Waals surface area (Å²) < 4.78 is 29.0. The molecule has 0 saturated carbocycles. The van der Waals surface area contributed by atoms with Crippen LogP contribution in [0.15, 0.2) is 48.9 Å². The minimum absolute atomic E-state index is 0.00418. The van der Waals surface area contributed by atoms with Crippen molar-refractivity contribution < 1.29 is 13.6 Å². The van der Waals surface area contributed by atoms with Crippen LogP contribution in [0.1, 0.15) is 24.2 Å². The van der Waals surface area contributed by atoms with Gasteiger partial charge in [-0.2, -0.15) is 5.10 Å². The van der Waals surface area contributed by atoms with Crippen LogP contribution in [0.25, 0.3) is 27.7 Å². The smallest absolute Gasteiger partial charge is 0.256 e. The molecular weight excluding hydrogens is 454 g/mol. The first-order valence-corrected chi connectivity index (χ1v) is 10.8. The number of halogens is 2. The van der Waals surface area contributed by atoms with Crippen molar-refractivity contribution >= 4 is 39.9 Å². The predicted octanol–water partition coefficient (Wildman–Crippen LogP) is 4.36. The molecular formula is C24H22F2N8O. The van der Waals surface area contributed by atoms with Crippen LogP contribution in [0.3, 0.4) is 0 Å². The molecule has 0 atom stereocenters. The van der Waals surface area contributed by atoms with E-state index in [0.29, 0.717) is 22.3 Å². The second-order valence-corrected chi connectivity index (χ2v) is 8.44. The number of anilines is 3. The quantitative estimate of drug-likeness (QED) is 0.347. The van der Waals surface area contributed by atoms with Gasteiger partial charge in [0.05, 0.1) is 11.1 Å². The Hall–Kier alpha value is -4.54. The topological polar surface area (TPSA) is 117 Å². The minimum Gasteiger partial charge on any atom is -0.382 e. The zero-order valence-corrected chi connectivity index (χ0v) is 19.2. The number of H-pyrrole nitrogens is 1. The van der Waals surface area contributed by atoms with E-state index in [-0.39, 0.29) is 34.7 Å². The number of nitrogens with zero attached hydrogens (tertiary/aromatic N) is 5. The predicted molar refractivity (Wildman–Crippen MR) is 129 cm³/mol. The van der Waals surface area contributed by atoms with Crippen molar-refractivity contribution in [3.8, 4) is 11.1 Å². The second kappa shape index (κ2) is 8.35. The molecule has 5 aromatic rings. The van der Waals surface area contributed by atoms with E-state index >= 15 is 0 Å². The van der Waals surface area contributed by atoms with E-state index < -0.39 is 11.6 Å². The molecule has 35 heavy (non-hydrogen) atoms. The Bertz CT molecular complexity index is 1570. The number of nitrogens with one attached hydrogen (secondary N) is 2. The van der Waals surface area contributed by atoms with Crippen molar-refractivity contribution in [2.45, 2.75) is 19.9 Å². The summed E-state index contributed by atoms with van der Waals surface area (Å²) >= 11 is 0. The van der Waals surface area contributed by atoms with Gasteiger partial charge in [-0.05, 0) is 37.6 Å². The summed E-state index contributed by atoms with van der Waals surface area (Å²) in [7, 11) is 1.74. The number of nitrogen functional groups attached to an aromatic ring is 1. The Morgan fingerprint density at radius 1 is 1.20 bits per heavy atom. The van der Waals surface area contributed by atoms with Crippen LogP contribution in [0.4, 0.5) is 26.2 Å². The molecule has 0 aliphatic heterocycles. The fourth-order valence-corrected chi connectivity index (χ4v) is 3.87. The Kier molecular flexibility index (Phi) is 5.31. The van der Waals surface area contributed by atoms with Gasteiger partial charge < -0.3 is 20.9 Å². The Balaban J connectivity index is 1.53. The monoisotopic (exact) mass is 476 g/mol. The standard InChI is InChI=1S/C24H22F2N8O/c1-12(2)33(3)23(35)16-10-34-21(22(27)28-11-29-34)19(16)13-4-6-15(7-5-13)30-24-31-18-9-14(25)8-17(26)20(18)32-24/h4-12H,1-3H3,(H2,27,28,29)(H2,30,31,32). The maximum Gasteiger partial charge on any atom is 0.256 e. The van der Waals surface area contributed by atoms with Crippen LogP contribution >= 0.6 is 0 Å². The third-order valence-corrected chi connectivity index (χ3v) is 5.87. The molecule has 0 saturated heterocycles. The van der Waals surface area contributed by atoms with Gasteiger partial charge in [-0.3, -0.25) is 4.79 Å². The first-order valence-electron chi connectivity index (χ1n) is 10.8. The van der Waals surface area contributed by atoms with Crippen molar-refractivity contribution in [1.29, 1.82) is 0 Å². The van der Waals surface area contributed by atoms with E-state index in [2.05, 4.69) is 25.4 Å². The van der Waals surface area contributed by atoms with E-state index in [0.717, 1.165) is 11.6 Å². The molecule has 11 heteroatoms. The van der Waals surface area contributed by atoms with Crippen LogP contribution in [0.5, 0.6) is 0 Å². The van der Waals surface area contributed by atoms with Crippen LogP contribution in [-0.4, -0.2) is 48.5 Å². The number of aromatic nitrogens is 5. The highest BCUT2D eigenvalue weighted by atomic mass is 19.1. The van der Waals surface area contributed by atoms with Gasteiger partial charge in [-0.25, -0.2) is 23.3 Å². The highest BCUT2D eigenvalue weighted by Gasteiger charge is 2.24. The molecule has 2 aromatic carbocycles. The largest absolute Gasteiger partial charge is 0.382 e. The summed E-state index contributed by atoms with van der Waals surface area (Å²) in [6.45, 7) is 3.86. The molecule has 0 aliphatic carbocycles. The number of fused-ring (bicyclic) bond motifs is 2. The Labute approximate surface area is 198 Å². The van der Waals surface area contributed by atoms with Gasteiger partial charge in [0, 0.05) is 36.6 Å².